The molecule has 0 radical (unpaired) electrons. The second kappa shape index (κ2) is 8.63. The highest BCUT2D eigenvalue weighted by Crippen LogP contribution is 2.17. The molecule has 3 aromatic rings. The number of hydrogen-bond donors (Lipinski definition) is 1. The Morgan fingerprint density at radius 1 is 0.893 bits per heavy atom. The monoisotopic (exact) mass is 373 g/mol. The molecule has 28 heavy (non-hydrogen) atoms. The summed E-state index contributed by atoms with van der Waals surface area (Å²) in [5.41, 5.74) is 2.44. The lowest BCUT2D eigenvalue weighted by Gasteiger charge is -2.35. The predicted molar refractivity (Wildman–Crippen MR) is 110 cm³/mol. The van der Waals surface area contributed by atoms with Crippen LogP contribution in [0.5, 0.6) is 0 Å². The summed E-state index contributed by atoms with van der Waals surface area (Å²) in [7, 11) is 0. The second-order valence-electron chi connectivity index (χ2n) is 6.81. The summed E-state index contributed by atoms with van der Waals surface area (Å²) in [6, 6.07) is 19.1. The molecule has 4 rings (SSSR count). The zero-order valence-corrected chi connectivity index (χ0v) is 15.7. The van der Waals surface area contributed by atoms with Gasteiger partial charge in [-0.25, -0.2) is 4.98 Å². The number of carbonyl (C=O) groups is 1. The van der Waals surface area contributed by atoms with Gasteiger partial charge in [-0.1, -0.05) is 24.3 Å². The van der Waals surface area contributed by atoms with E-state index in [9.17, 15) is 4.79 Å². The van der Waals surface area contributed by atoms with Gasteiger partial charge in [-0.2, -0.15) is 0 Å². The normalized spacial score (nSPS) is 14.6. The van der Waals surface area contributed by atoms with Crippen LogP contribution in [0.4, 0.5) is 11.5 Å². The predicted octanol–water partition coefficient (Wildman–Crippen LogP) is 3.05. The molecule has 2 aromatic heterocycles. The van der Waals surface area contributed by atoms with E-state index in [1.165, 1.54) is 0 Å². The van der Waals surface area contributed by atoms with Crippen LogP contribution in [0, 0.1) is 0 Å². The van der Waals surface area contributed by atoms with E-state index in [2.05, 4.69) is 31.2 Å². The molecule has 1 aliphatic rings. The number of piperazine rings is 1. The Labute approximate surface area is 164 Å². The minimum atomic E-state index is -0.127. The van der Waals surface area contributed by atoms with Crippen LogP contribution in [0.3, 0.4) is 0 Å². The largest absolute Gasteiger partial charge is 0.354 e. The third-order valence-corrected chi connectivity index (χ3v) is 4.85. The summed E-state index contributed by atoms with van der Waals surface area (Å²) in [5, 5.41) is 2.89. The first kappa shape index (κ1) is 18.1. The fourth-order valence-corrected chi connectivity index (χ4v) is 3.30. The van der Waals surface area contributed by atoms with E-state index in [-0.39, 0.29) is 5.91 Å². The van der Waals surface area contributed by atoms with E-state index in [1.807, 2.05) is 48.7 Å². The number of nitrogens with one attached hydrogen (secondary N) is 1. The van der Waals surface area contributed by atoms with Crippen LogP contribution in [0.25, 0.3) is 0 Å². The van der Waals surface area contributed by atoms with Gasteiger partial charge >= 0.3 is 0 Å². The molecular formula is C22H23N5O. The summed E-state index contributed by atoms with van der Waals surface area (Å²) >= 11 is 0. The van der Waals surface area contributed by atoms with Crippen molar-refractivity contribution in [3.05, 3.63) is 84.3 Å². The lowest BCUT2D eigenvalue weighted by atomic mass is 10.2. The minimum Gasteiger partial charge on any atom is -0.354 e. The van der Waals surface area contributed by atoms with Crippen molar-refractivity contribution in [1.29, 1.82) is 0 Å². The van der Waals surface area contributed by atoms with Gasteiger partial charge in [0.15, 0.2) is 0 Å². The smallest absolute Gasteiger partial charge is 0.255 e. The molecule has 1 aromatic carbocycles. The number of aromatic nitrogens is 2. The number of nitrogens with zero attached hydrogens (tertiary/aromatic N) is 4. The SMILES string of the molecule is O=C(Nc1ccc(N2CCN(Cc3ccccn3)CC2)nc1)c1ccccc1. The van der Waals surface area contributed by atoms with Crippen molar-refractivity contribution in [3.8, 4) is 0 Å². The van der Waals surface area contributed by atoms with Crippen molar-refractivity contribution in [2.24, 2.45) is 0 Å². The van der Waals surface area contributed by atoms with E-state index < -0.39 is 0 Å². The summed E-state index contributed by atoms with van der Waals surface area (Å²) in [5.74, 6) is 0.813. The number of amides is 1. The Hall–Kier alpha value is -3.25. The highest BCUT2D eigenvalue weighted by atomic mass is 16.1. The van der Waals surface area contributed by atoms with Crippen LogP contribution in [0.2, 0.25) is 0 Å². The number of hydrogen-bond acceptors (Lipinski definition) is 5. The summed E-state index contributed by atoms with van der Waals surface area (Å²) in [6.07, 6.45) is 3.56. The van der Waals surface area contributed by atoms with Gasteiger partial charge in [0.2, 0.25) is 0 Å². The Morgan fingerprint density at radius 2 is 1.68 bits per heavy atom. The standard InChI is InChI=1S/C22H23N5O/c28-22(18-6-2-1-3-7-18)25-19-9-10-21(24-16-19)27-14-12-26(13-15-27)17-20-8-4-5-11-23-20/h1-11,16H,12-15,17H2,(H,25,28). The molecule has 6 heteroatoms. The molecule has 142 valence electrons. The van der Waals surface area contributed by atoms with E-state index in [1.54, 1.807) is 18.3 Å². The van der Waals surface area contributed by atoms with Gasteiger partial charge in [-0.15, -0.1) is 0 Å². The third kappa shape index (κ3) is 4.53. The molecule has 3 heterocycles. The van der Waals surface area contributed by atoms with Crippen LogP contribution in [0.15, 0.2) is 73.1 Å². The topological polar surface area (TPSA) is 61.4 Å². The Balaban J connectivity index is 1.30. The van der Waals surface area contributed by atoms with Gasteiger partial charge in [0.05, 0.1) is 17.6 Å². The van der Waals surface area contributed by atoms with Gasteiger partial charge in [-0.3, -0.25) is 14.7 Å². The van der Waals surface area contributed by atoms with Crippen molar-refractivity contribution in [2.45, 2.75) is 6.54 Å². The molecule has 0 saturated carbocycles. The van der Waals surface area contributed by atoms with Gasteiger partial charge < -0.3 is 10.2 Å². The van der Waals surface area contributed by atoms with Crippen molar-refractivity contribution in [3.63, 3.8) is 0 Å². The molecule has 1 N–H and O–H groups in total. The second-order valence-corrected chi connectivity index (χ2v) is 6.81. The lowest BCUT2D eigenvalue weighted by molar-refractivity contribution is 0.102. The van der Waals surface area contributed by atoms with Gasteiger partial charge in [0.25, 0.3) is 5.91 Å². The first-order valence-corrected chi connectivity index (χ1v) is 9.47. The third-order valence-electron chi connectivity index (χ3n) is 4.85. The van der Waals surface area contributed by atoms with Crippen molar-refractivity contribution in [2.75, 3.05) is 36.4 Å². The molecule has 1 amide bonds. The minimum absolute atomic E-state index is 0.127. The fraction of sp³-hybridized carbons (Fsp3) is 0.227. The zero-order chi connectivity index (χ0) is 19.2. The van der Waals surface area contributed by atoms with Crippen LogP contribution in [-0.2, 0) is 6.54 Å². The van der Waals surface area contributed by atoms with Crippen molar-refractivity contribution < 1.29 is 4.79 Å². The van der Waals surface area contributed by atoms with Crippen LogP contribution in [0.1, 0.15) is 16.1 Å². The highest BCUT2D eigenvalue weighted by molar-refractivity contribution is 6.04. The van der Waals surface area contributed by atoms with E-state index in [0.29, 0.717) is 11.3 Å². The number of carbonyl (C=O) groups excluding carboxylic acids is 1. The lowest BCUT2D eigenvalue weighted by Crippen LogP contribution is -2.46. The maximum atomic E-state index is 12.2. The average Bonchev–Trinajstić information content (AvgIpc) is 2.76. The molecule has 0 unspecified atom stereocenters. The quantitative estimate of drug-likeness (QED) is 0.745. The first-order chi connectivity index (χ1) is 13.8. The number of benzene rings is 1. The van der Waals surface area contributed by atoms with Crippen molar-refractivity contribution in [1.82, 2.24) is 14.9 Å². The fourth-order valence-electron chi connectivity index (χ4n) is 3.30. The summed E-state index contributed by atoms with van der Waals surface area (Å²) in [6.45, 7) is 4.69. The molecule has 0 atom stereocenters. The van der Waals surface area contributed by atoms with Crippen LogP contribution >= 0.6 is 0 Å². The molecule has 1 saturated heterocycles. The van der Waals surface area contributed by atoms with E-state index >= 15 is 0 Å². The van der Waals surface area contributed by atoms with Gasteiger partial charge in [0.1, 0.15) is 5.82 Å². The van der Waals surface area contributed by atoms with Crippen LogP contribution < -0.4 is 10.2 Å². The molecule has 0 bridgehead atoms. The molecule has 1 fully saturated rings. The number of rotatable bonds is 5. The number of anilines is 2. The maximum absolute atomic E-state index is 12.2. The molecule has 6 nitrogen and oxygen atoms in total. The van der Waals surface area contributed by atoms with E-state index in [4.69, 9.17) is 0 Å². The molecule has 1 aliphatic heterocycles. The summed E-state index contributed by atoms with van der Waals surface area (Å²) < 4.78 is 0. The highest BCUT2D eigenvalue weighted by Gasteiger charge is 2.18. The Morgan fingerprint density at radius 3 is 2.36 bits per heavy atom. The Kier molecular flexibility index (Phi) is 5.58. The van der Waals surface area contributed by atoms with Crippen molar-refractivity contribution >= 4 is 17.4 Å². The number of pyridine rings is 2. The zero-order valence-electron chi connectivity index (χ0n) is 15.7. The van der Waals surface area contributed by atoms with E-state index in [0.717, 1.165) is 44.2 Å². The molecular weight excluding hydrogens is 350 g/mol. The van der Waals surface area contributed by atoms with Crippen LogP contribution in [-0.4, -0.2) is 47.0 Å². The average molecular weight is 373 g/mol. The van der Waals surface area contributed by atoms with Gasteiger partial charge in [0, 0.05) is 44.5 Å². The molecule has 0 spiro atoms. The Bertz CT molecular complexity index is 891. The maximum Gasteiger partial charge on any atom is 0.255 e. The first-order valence-electron chi connectivity index (χ1n) is 9.47. The molecule has 0 aliphatic carbocycles. The summed E-state index contributed by atoms with van der Waals surface area (Å²) in [4.78, 5) is 25.9. The van der Waals surface area contributed by atoms with Gasteiger partial charge in [-0.05, 0) is 36.4 Å².